The van der Waals surface area contributed by atoms with Gasteiger partial charge in [0.15, 0.2) is 5.54 Å². The monoisotopic (exact) mass is 453 g/mol. The molecule has 3 aliphatic heterocycles. The summed E-state index contributed by atoms with van der Waals surface area (Å²) in [7, 11) is 0. The van der Waals surface area contributed by atoms with Gasteiger partial charge in [0.1, 0.15) is 5.92 Å². The van der Waals surface area contributed by atoms with E-state index in [1.807, 2.05) is 60.7 Å². The molecule has 6 nitrogen and oxygen atoms in total. The smallest absolute Gasteiger partial charge is 0.258 e. The van der Waals surface area contributed by atoms with E-state index in [2.05, 4.69) is 5.32 Å². The Morgan fingerprint density at radius 2 is 1.45 bits per heavy atom. The van der Waals surface area contributed by atoms with Gasteiger partial charge in [0, 0.05) is 5.56 Å². The lowest BCUT2D eigenvalue weighted by molar-refractivity contribution is -0.132. The number of carbonyl (C=O) groups is 3. The number of anilines is 2. The Kier molecular flexibility index (Phi) is 4.25. The number of benzene rings is 3. The maximum atomic E-state index is 14.1. The van der Waals surface area contributed by atoms with E-state index in [0.29, 0.717) is 17.8 Å². The molecule has 3 atom stereocenters. The van der Waals surface area contributed by atoms with Gasteiger partial charge in [-0.05, 0) is 23.8 Å². The van der Waals surface area contributed by atoms with E-state index in [-0.39, 0.29) is 10.9 Å². The fourth-order valence-electron chi connectivity index (χ4n) is 5.38. The Morgan fingerprint density at radius 3 is 2.18 bits per heavy atom. The number of nitrogens with one attached hydrogen (secondary N) is 1. The Labute approximate surface area is 195 Å². The van der Waals surface area contributed by atoms with Crippen molar-refractivity contribution >= 4 is 46.3 Å². The van der Waals surface area contributed by atoms with Crippen molar-refractivity contribution in [3.05, 3.63) is 96.1 Å². The third kappa shape index (κ3) is 2.60. The van der Waals surface area contributed by atoms with Crippen molar-refractivity contribution in [2.24, 2.45) is 11.8 Å². The largest absolute Gasteiger partial charge is 0.361 e. The molecular weight excluding hydrogens is 434 g/mol. The van der Waals surface area contributed by atoms with E-state index in [1.165, 1.54) is 4.90 Å². The van der Waals surface area contributed by atoms with Gasteiger partial charge in [0.25, 0.3) is 5.91 Å². The zero-order valence-electron chi connectivity index (χ0n) is 17.5. The molecule has 3 amide bonds. The zero-order chi connectivity index (χ0) is 22.7. The van der Waals surface area contributed by atoms with E-state index in [4.69, 9.17) is 12.2 Å². The topological polar surface area (TPSA) is 69.7 Å². The molecule has 3 heterocycles. The number of amides is 3. The lowest BCUT2D eigenvalue weighted by Crippen LogP contribution is -2.54. The minimum atomic E-state index is -1.40. The molecule has 2 fully saturated rings. The van der Waals surface area contributed by atoms with Gasteiger partial charge in [0.05, 0.1) is 28.8 Å². The van der Waals surface area contributed by atoms with E-state index < -0.39 is 29.2 Å². The lowest BCUT2D eigenvalue weighted by atomic mass is 9.77. The minimum Gasteiger partial charge on any atom is -0.361 e. The van der Waals surface area contributed by atoms with Gasteiger partial charge < -0.3 is 10.2 Å². The molecular formula is C26H19N3O3S. The highest BCUT2D eigenvalue weighted by Crippen LogP contribution is 2.54. The summed E-state index contributed by atoms with van der Waals surface area (Å²) in [5.74, 6) is -2.88. The van der Waals surface area contributed by atoms with E-state index in [0.717, 1.165) is 11.3 Å². The summed E-state index contributed by atoms with van der Waals surface area (Å²) in [4.78, 5) is 44.4. The predicted octanol–water partition coefficient (Wildman–Crippen LogP) is 3.17. The Hall–Kier alpha value is -3.84. The lowest BCUT2D eigenvalue weighted by Gasteiger charge is -2.29. The summed E-state index contributed by atoms with van der Waals surface area (Å²) in [6.07, 6.45) is 0. The molecule has 162 valence electrons. The first kappa shape index (κ1) is 19.8. The van der Waals surface area contributed by atoms with Crippen LogP contribution in [0.4, 0.5) is 11.4 Å². The highest BCUT2D eigenvalue weighted by molar-refractivity contribution is 7.80. The summed E-state index contributed by atoms with van der Waals surface area (Å²) in [5.41, 5.74) is 1.45. The Balaban J connectivity index is 1.49. The second-order valence-corrected chi connectivity index (χ2v) is 8.93. The van der Waals surface area contributed by atoms with Crippen LogP contribution < -0.4 is 15.1 Å². The molecule has 3 aromatic carbocycles. The van der Waals surface area contributed by atoms with Crippen LogP contribution in [0.2, 0.25) is 0 Å². The van der Waals surface area contributed by atoms with Crippen LogP contribution in [-0.2, 0) is 26.5 Å². The summed E-state index contributed by atoms with van der Waals surface area (Å²) in [6.45, 7) is 0.356. The van der Waals surface area contributed by atoms with E-state index in [9.17, 15) is 14.4 Å². The number of thiocarbonyl (C=S) groups is 1. The van der Waals surface area contributed by atoms with Gasteiger partial charge in [-0.2, -0.15) is 0 Å². The maximum absolute atomic E-state index is 14.1. The normalized spacial score (nSPS) is 25.6. The van der Waals surface area contributed by atoms with Crippen molar-refractivity contribution in [2.45, 2.75) is 12.1 Å². The summed E-state index contributed by atoms with van der Waals surface area (Å²) in [6, 6.07) is 25.9. The first-order valence-electron chi connectivity index (χ1n) is 10.7. The van der Waals surface area contributed by atoms with Gasteiger partial charge in [-0.1, -0.05) is 78.9 Å². The number of rotatable bonds is 3. The summed E-state index contributed by atoms with van der Waals surface area (Å²) < 4.78 is 0. The molecule has 7 heteroatoms. The molecule has 1 N–H and O–H groups in total. The van der Waals surface area contributed by atoms with Crippen LogP contribution in [-0.4, -0.2) is 22.7 Å². The van der Waals surface area contributed by atoms with Crippen molar-refractivity contribution in [3.8, 4) is 0 Å². The molecule has 1 spiro atoms. The number of hydrogen-bond acceptors (Lipinski definition) is 4. The molecule has 0 aromatic heterocycles. The molecule has 0 saturated carbocycles. The quantitative estimate of drug-likeness (QED) is 0.487. The molecule has 0 bridgehead atoms. The fraction of sp³-hybridized carbons (Fsp3) is 0.154. The second kappa shape index (κ2) is 7.08. The molecule has 3 aliphatic rings. The molecule has 0 radical (unpaired) electrons. The minimum absolute atomic E-state index is 0.237. The molecule has 2 saturated heterocycles. The van der Waals surface area contributed by atoms with Gasteiger partial charge in [-0.25, -0.2) is 4.90 Å². The van der Waals surface area contributed by atoms with Crippen molar-refractivity contribution < 1.29 is 14.4 Å². The summed E-state index contributed by atoms with van der Waals surface area (Å²) >= 11 is 5.57. The zero-order valence-corrected chi connectivity index (χ0v) is 18.3. The Morgan fingerprint density at radius 1 is 0.818 bits per heavy atom. The number of imide groups is 1. The predicted molar refractivity (Wildman–Crippen MR) is 127 cm³/mol. The average Bonchev–Trinajstić information content (AvgIpc) is 3.39. The molecule has 0 aliphatic carbocycles. The van der Waals surface area contributed by atoms with Crippen LogP contribution in [0.1, 0.15) is 11.1 Å². The van der Waals surface area contributed by atoms with Crippen LogP contribution in [0.15, 0.2) is 84.9 Å². The number of para-hydroxylation sites is 2. The van der Waals surface area contributed by atoms with E-state index in [1.54, 1.807) is 29.2 Å². The average molecular weight is 454 g/mol. The van der Waals surface area contributed by atoms with Crippen LogP contribution in [0.25, 0.3) is 0 Å². The number of carbonyl (C=O) groups excluding carboxylic acids is 3. The molecule has 0 unspecified atom stereocenters. The van der Waals surface area contributed by atoms with Crippen molar-refractivity contribution in [1.29, 1.82) is 0 Å². The highest BCUT2D eigenvalue weighted by Gasteiger charge is 2.71. The number of nitrogens with zero attached hydrogens (tertiary/aromatic N) is 2. The first-order valence-corrected chi connectivity index (χ1v) is 11.1. The van der Waals surface area contributed by atoms with Gasteiger partial charge >= 0.3 is 0 Å². The highest BCUT2D eigenvalue weighted by atomic mass is 32.1. The third-order valence-corrected chi connectivity index (χ3v) is 7.13. The van der Waals surface area contributed by atoms with Crippen LogP contribution in [0.5, 0.6) is 0 Å². The van der Waals surface area contributed by atoms with Crippen LogP contribution in [0, 0.1) is 11.8 Å². The molecule has 33 heavy (non-hydrogen) atoms. The van der Waals surface area contributed by atoms with Gasteiger partial charge in [0.2, 0.25) is 11.8 Å². The molecule has 3 aromatic rings. The van der Waals surface area contributed by atoms with Crippen LogP contribution >= 0.6 is 12.2 Å². The third-order valence-electron chi connectivity index (χ3n) is 6.78. The standard InChI is InChI=1S/C26H19N3O3S/c30-23-20-21(24(31)29(23)17-11-5-2-6-12-17)26(27-22(20)33)18-13-7-8-14-19(18)28(25(26)32)15-16-9-3-1-4-10-16/h1-14,20-21H,15H2,(H,27,33)/t20-,21-,26+/m0/s1. The molecule has 6 rings (SSSR count). The van der Waals surface area contributed by atoms with Crippen LogP contribution in [0.3, 0.4) is 0 Å². The Bertz CT molecular complexity index is 1330. The maximum Gasteiger partial charge on any atom is 0.258 e. The number of fused-ring (bicyclic) bond motifs is 4. The number of hydrogen-bond donors (Lipinski definition) is 1. The van der Waals surface area contributed by atoms with Crippen molar-refractivity contribution in [2.75, 3.05) is 9.80 Å². The fourth-order valence-corrected chi connectivity index (χ4v) is 5.77. The summed E-state index contributed by atoms with van der Waals surface area (Å²) in [5, 5.41) is 3.16. The van der Waals surface area contributed by atoms with Crippen molar-refractivity contribution in [1.82, 2.24) is 5.32 Å². The van der Waals surface area contributed by atoms with Gasteiger partial charge in [-0.3, -0.25) is 14.4 Å². The van der Waals surface area contributed by atoms with Crippen molar-refractivity contribution in [3.63, 3.8) is 0 Å². The van der Waals surface area contributed by atoms with Gasteiger partial charge in [-0.15, -0.1) is 0 Å². The second-order valence-electron chi connectivity index (χ2n) is 8.49. The SMILES string of the molecule is O=C1[C@@H]2C(=S)N[C@@]3(C(=O)N(Cc4ccccc4)c4ccccc43)[C@@H]2C(=O)N1c1ccccc1. The van der Waals surface area contributed by atoms with E-state index >= 15 is 0 Å². The first-order chi connectivity index (χ1) is 16.0.